The van der Waals surface area contributed by atoms with Crippen LogP contribution in [0.4, 0.5) is 17.1 Å². The second kappa shape index (κ2) is 4.74. The highest BCUT2D eigenvalue weighted by Gasteiger charge is 2.09. The summed E-state index contributed by atoms with van der Waals surface area (Å²) in [4.78, 5) is 6.07. The monoisotopic (exact) mass is 229 g/mol. The predicted molar refractivity (Wildman–Crippen MR) is 69.7 cm³/mol. The molecule has 0 spiro atoms. The van der Waals surface area contributed by atoms with E-state index in [1.165, 1.54) is 0 Å². The lowest BCUT2D eigenvalue weighted by Gasteiger charge is -2.21. The Bertz CT molecular complexity index is 514. The third-order valence-electron chi connectivity index (χ3n) is 2.58. The molecular formula is C13H15N3O. The van der Waals surface area contributed by atoms with Gasteiger partial charge in [0, 0.05) is 13.2 Å². The van der Waals surface area contributed by atoms with Crippen LogP contribution in [-0.2, 0) is 0 Å². The number of methoxy groups -OCH3 is 1. The van der Waals surface area contributed by atoms with Gasteiger partial charge in [0.2, 0.25) is 0 Å². The standard InChI is InChI=1S/C13H15N3O/c1-16(11-7-10(14)8-15-9-11)12-5-3-4-6-13(12)17-2/h3-9H,14H2,1-2H3. The van der Waals surface area contributed by atoms with E-state index in [9.17, 15) is 0 Å². The van der Waals surface area contributed by atoms with Crippen LogP contribution in [0.1, 0.15) is 0 Å². The van der Waals surface area contributed by atoms with Crippen LogP contribution in [-0.4, -0.2) is 19.1 Å². The Morgan fingerprint density at radius 3 is 2.71 bits per heavy atom. The Kier molecular flexibility index (Phi) is 3.14. The van der Waals surface area contributed by atoms with Gasteiger partial charge in [0.25, 0.3) is 0 Å². The van der Waals surface area contributed by atoms with E-state index < -0.39 is 0 Å². The molecule has 2 rings (SSSR count). The summed E-state index contributed by atoms with van der Waals surface area (Å²) in [6, 6.07) is 9.69. The van der Waals surface area contributed by atoms with Gasteiger partial charge in [-0.2, -0.15) is 0 Å². The van der Waals surface area contributed by atoms with E-state index >= 15 is 0 Å². The van der Waals surface area contributed by atoms with E-state index in [1.807, 2.05) is 42.3 Å². The van der Waals surface area contributed by atoms with E-state index in [-0.39, 0.29) is 0 Å². The summed E-state index contributed by atoms with van der Waals surface area (Å²) < 4.78 is 5.32. The van der Waals surface area contributed by atoms with Crippen molar-refractivity contribution in [2.45, 2.75) is 0 Å². The van der Waals surface area contributed by atoms with Gasteiger partial charge in [-0.3, -0.25) is 4.98 Å². The molecular weight excluding hydrogens is 214 g/mol. The lowest BCUT2D eigenvalue weighted by Crippen LogP contribution is -2.11. The molecule has 1 aromatic heterocycles. The third kappa shape index (κ3) is 2.30. The topological polar surface area (TPSA) is 51.4 Å². The zero-order valence-corrected chi connectivity index (χ0v) is 9.92. The number of para-hydroxylation sites is 2. The molecule has 2 aromatic rings. The quantitative estimate of drug-likeness (QED) is 0.878. The molecule has 0 saturated carbocycles. The van der Waals surface area contributed by atoms with Crippen molar-refractivity contribution in [2.24, 2.45) is 0 Å². The highest BCUT2D eigenvalue weighted by molar-refractivity contribution is 5.69. The average molecular weight is 229 g/mol. The normalized spacial score (nSPS) is 10.0. The maximum absolute atomic E-state index is 5.72. The molecule has 17 heavy (non-hydrogen) atoms. The molecule has 0 bridgehead atoms. The highest BCUT2D eigenvalue weighted by Crippen LogP contribution is 2.32. The molecule has 2 N–H and O–H groups in total. The van der Waals surface area contributed by atoms with E-state index in [4.69, 9.17) is 10.5 Å². The van der Waals surface area contributed by atoms with Crippen LogP contribution in [0.5, 0.6) is 5.75 Å². The number of nitrogen functional groups attached to an aromatic ring is 1. The van der Waals surface area contributed by atoms with Gasteiger partial charge in [-0.15, -0.1) is 0 Å². The highest BCUT2D eigenvalue weighted by atomic mass is 16.5. The number of nitrogens with two attached hydrogens (primary N) is 1. The van der Waals surface area contributed by atoms with Crippen LogP contribution >= 0.6 is 0 Å². The Morgan fingerprint density at radius 2 is 2.00 bits per heavy atom. The molecule has 0 saturated heterocycles. The summed E-state index contributed by atoms with van der Waals surface area (Å²) in [5.41, 5.74) is 8.27. The van der Waals surface area contributed by atoms with Crippen LogP contribution in [0, 0.1) is 0 Å². The number of aromatic nitrogens is 1. The molecule has 1 aromatic carbocycles. The fourth-order valence-corrected chi connectivity index (χ4v) is 1.67. The number of anilines is 3. The van der Waals surface area contributed by atoms with Gasteiger partial charge in [0.05, 0.1) is 30.4 Å². The van der Waals surface area contributed by atoms with Crippen molar-refractivity contribution in [3.63, 3.8) is 0 Å². The van der Waals surface area contributed by atoms with E-state index in [2.05, 4.69) is 4.98 Å². The molecule has 0 atom stereocenters. The van der Waals surface area contributed by atoms with Crippen LogP contribution in [0.25, 0.3) is 0 Å². The fraction of sp³-hybridized carbons (Fsp3) is 0.154. The molecule has 4 nitrogen and oxygen atoms in total. The Hall–Kier alpha value is -2.23. The number of hydrogen-bond donors (Lipinski definition) is 1. The van der Waals surface area contributed by atoms with Crippen LogP contribution in [0.2, 0.25) is 0 Å². The summed E-state index contributed by atoms with van der Waals surface area (Å²) in [5, 5.41) is 0. The fourth-order valence-electron chi connectivity index (χ4n) is 1.67. The smallest absolute Gasteiger partial charge is 0.142 e. The van der Waals surface area contributed by atoms with E-state index in [0.717, 1.165) is 17.1 Å². The van der Waals surface area contributed by atoms with Crippen LogP contribution in [0.3, 0.4) is 0 Å². The van der Waals surface area contributed by atoms with Crippen molar-refractivity contribution in [1.29, 1.82) is 0 Å². The zero-order valence-electron chi connectivity index (χ0n) is 9.92. The molecule has 0 amide bonds. The van der Waals surface area contributed by atoms with Gasteiger partial charge in [-0.05, 0) is 18.2 Å². The van der Waals surface area contributed by atoms with Crippen molar-refractivity contribution in [3.05, 3.63) is 42.7 Å². The molecule has 0 radical (unpaired) electrons. The lowest BCUT2D eigenvalue weighted by molar-refractivity contribution is 0.415. The number of rotatable bonds is 3. The largest absolute Gasteiger partial charge is 0.495 e. The average Bonchev–Trinajstić information content (AvgIpc) is 2.38. The maximum atomic E-state index is 5.72. The number of hydrogen-bond acceptors (Lipinski definition) is 4. The summed E-state index contributed by atoms with van der Waals surface area (Å²) >= 11 is 0. The second-order valence-electron chi connectivity index (χ2n) is 3.71. The van der Waals surface area contributed by atoms with Gasteiger partial charge >= 0.3 is 0 Å². The number of benzene rings is 1. The van der Waals surface area contributed by atoms with Crippen molar-refractivity contribution in [1.82, 2.24) is 4.98 Å². The minimum atomic E-state index is 0.643. The SMILES string of the molecule is COc1ccccc1N(C)c1cncc(N)c1. The Labute approximate surface area is 101 Å². The third-order valence-corrected chi connectivity index (χ3v) is 2.58. The summed E-state index contributed by atoms with van der Waals surface area (Å²) in [6.45, 7) is 0. The number of ether oxygens (including phenoxy) is 1. The minimum Gasteiger partial charge on any atom is -0.495 e. The zero-order chi connectivity index (χ0) is 12.3. The van der Waals surface area contributed by atoms with Crippen molar-refractivity contribution in [2.75, 3.05) is 24.8 Å². The molecule has 0 aliphatic rings. The first-order valence-electron chi connectivity index (χ1n) is 5.29. The molecule has 88 valence electrons. The van der Waals surface area contributed by atoms with Crippen LogP contribution < -0.4 is 15.4 Å². The first-order chi connectivity index (χ1) is 8.22. The van der Waals surface area contributed by atoms with Gasteiger partial charge in [0.1, 0.15) is 5.75 Å². The molecule has 4 heteroatoms. The van der Waals surface area contributed by atoms with Gasteiger partial charge in [0.15, 0.2) is 0 Å². The van der Waals surface area contributed by atoms with Crippen molar-refractivity contribution in [3.8, 4) is 5.75 Å². The van der Waals surface area contributed by atoms with Gasteiger partial charge in [-0.1, -0.05) is 12.1 Å². The van der Waals surface area contributed by atoms with Crippen molar-refractivity contribution >= 4 is 17.1 Å². The van der Waals surface area contributed by atoms with Gasteiger partial charge < -0.3 is 15.4 Å². The van der Waals surface area contributed by atoms with Crippen LogP contribution in [0.15, 0.2) is 42.7 Å². The molecule has 0 fully saturated rings. The maximum Gasteiger partial charge on any atom is 0.142 e. The first kappa shape index (κ1) is 11.3. The predicted octanol–water partition coefficient (Wildman–Crippen LogP) is 2.44. The summed E-state index contributed by atoms with van der Waals surface area (Å²) in [5.74, 6) is 0.817. The molecule has 0 unspecified atom stereocenters. The van der Waals surface area contributed by atoms with Gasteiger partial charge in [-0.25, -0.2) is 0 Å². The second-order valence-corrected chi connectivity index (χ2v) is 3.71. The molecule has 0 aliphatic heterocycles. The summed E-state index contributed by atoms with van der Waals surface area (Å²) in [6.07, 6.45) is 3.39. The Balaban J connectivity index is 2.40. The first-order valence-corrected chi connectivity index (χ1v) is 5.29. The summed E-state index contributed by atoms with van der Waals surface area (Å²) in [7, 11) is 3.61. The Morgan fingerprint density at radius 1 is 1.24 bits per heavy atom. The molecule has 0 aliphatic carbocycles. The number of nitrogens with zero attached hydrogens (tertiary/aromatic N) is 2. The minimum absolute atomic E-state index is 0.643. The molecule has 1 heterocycles. The van der Waals surface area contributed by atoms with Crippen molar-refractivity contribution < 1.29 is 4.74 Å². The van der Waals surface area contributed by atoms with E-state index in [0.29, 0.717) is 5.69 Å². The number of pyridine rings is 1. The van der Waals surface area contributed by atoms with E-state index in [1.54, 1.807) is 19.5 Å². The lowest BCUT2D eigenvalue weighted by atomic mass is 10.2.